The Hall–Kier alpha value is -7.67. The molecule has 59 heavy (non-hydrogen) atoms. The molecule has 4 heterocycles. The van der Waals surface area contributed by atoms with Crippen LogP contribution in [-0.2, 0) is 0 Å². The number of nitrogens with zero attached hydrogens (tertiary/aromatic N) is 4. The van der Waals surface area contributed by atoms with Crippen molar-refractivity contribution in [2.75, 3.05) is 0 Å². The summed E-state index contributed by atoms with van der Waals surface area (Å²) in [6.07, 6.45) is 0. The molecule has 0 radical (unpaired) electrons. The minimum Gasteiger partial charge on any atom is -0.455 e. The van der Waals surface area contributed by atoms with Gasteiger partial charge in [0.15, 0.2) is 17.5 Å². The molecule has 6 heteroatoms. The van der Waals surface area contributed by atoms with E-state index in [1.54, 1.807) is 0 Å². The van der Waals surface area contributed by atoms with Gasteiger partial charge in [0.2, 0.25) is 0 Å². The van der Waals surface area contributed by atoms with E-state index < -0.39 is 0 Å². The van der Waals surface area contributed by atoms with Crippen molar-refractivity contribution < 1.29 is 4.42 Å². The molecule has 0 bridgehead atoms. The van der Waals surface area contributed by atoms with Crippen molar-refractivity contribution in [3.05, 3.63) is 182 Å². The highest BCUT2D eigenvalue weighted by Crippen LogP contribution is 2.46. The second kappa shape index (κ2) is 12.4. The van der Waals surface area contributed by atoms with Crippen LogP contribution in [0.5, 0.6) is 0 Å². The average molecular weight is 771 g/mol. The minimum absolute atomic E-state index is 0.556. The van der Waals surface area contributed by atoms with E-state index in [0.29, 0.717) is 17.5 Å². The van der Waals surface area contributed by atoms with Crippen molar-refractivity contribution in [2.45, 2.75) is 0 Å². The van der Waals surface area contributed by atoms with Crippen LogP contribution in [0.4, 0.5) is 0 Å². The molecule has 0 aliphatic heterocycles. The third-order valence-electron chi connectivity index (χ3n) is 11.8. The minimum atomic E-state index is 0.556. The number of para-hydroxylation sites is 2. The molecule has 0 N–H and O–H groups in total. The Morgan fingerprint density at radius 1 is 0.407 bits per heavy atom. The van der Waals surface area contributed by atoms with Gasteiger partial charge >= 0.3 is 0 Å². The summed E-state index contributed by atoms with van der Waals surface area (Å²) < 4.78 is 11.4. The van der Waals surface area contributed by atoms with Crippen molar-refractivity contribution in [3.63, 3.8) is 0 Å². The van der Waals surface area contributed by atoms with Crippen LogP contribution in [0.15, 0.2) is 186 Å². The van der Waals surface area contributed by atoms with E-state index in [4.69, 9.17) is 19.4 Å². The molecule has 0 amide bonds. The summed E-state index contributed by atoms with van der Waals surface area (Å²) in [5.41, 5.74) is 7.54. The van der Waals surface area contributed by atoms with E-state index in [9.17, 15) is 0 Å². The molecule has 0 spiro atoms. The molecule has 13 aromatic rings. The van der Waals surface area contributed by atoms with Gasteiger partial charge in [-0.05, 0) is 70.1 Å². The summed E-state index contributed by atoms with van der Waals surface area (Å²) in [5.74, 6) is 1.74. The highest BCUT2D eigenvalue weighted by molar-refractivity contribution is 7.26. The molecule has 4 aromatic heterocycles. The van der Waals surface area contributed by atoms with Gasteiger partial charge in [-0.3, -0.25) is 0 Å². The first-order chi connectivity index (χ1) is 29.2. The normalized spacial score (nSPS) is 12.1. The third kappa shape index (κ3) is 4.87. The number of hydrogen-bond donors (Lipinski definition) is 0. The van der Waals surface area contributed by atoms with Crippen LogP contribution >= 0.6 is 11.3 Å². The lowest BCUT2D eigenvalue weighted by Crippen LogP contribution is -2.04. The number of fused-ring (bicyclic) bond motifs is 11. The highest BCUT2D eigenvalue weighted by Gasteiger charge is 2.25. The van der Waals surface area contributed by atoms with Gasteiger partial charge in [-0.1, -0.05) is 133 Å². The van der Waals surface area contributed by atoms with E-state index in [1.165, 1.54) is 52.5 Å². The number of hydrogen-bond acceptors (Lipinski definition) is 5. The van der Waals surface area contributed by atoms with E-state index in [2.05, 4.69) is 150 Å². The molecule has 5 nitrogen and oxygen atoms in total. The Morgan fingerprint density at radius 3 is 1.71 bits per heavy atom. The maximum absolute atomic E-state index is 6.57. The Bertz CT molecular complexity index is 3770. The van der Waals surface area contributed by atoms with Crippen LogP contribution in [0.3, 0.4) is 0 Å². The Kier molecular flexibility index (Phi) is 6.82. The van der Waals surface area contributed by atoms with Crippen LogP contribution in [0, 0.1) is 0 Å². The number of benzene rings is 9. The zero-order chi connectivity index (χ0) is 38.6. The van der Waals surface area contributed by atoms with Gasteiger partial charge in [-0.15, -0.1) is 11.3 Å². The van der Waals surface area contributed by atoms with Crippen LogP contribution in [0.1, 0.15) is 0 Å². The highest BCUT2D eigenvalue weighted by atomic mass is 32.1. The Labute approximate surface area is 341 Å². The van der Waals surface area contributed by atoms with Gasteiger partial charge in [0.05, 0.1) is 27.0 Å². The summed E-state index contributed by atoms with van der Waals surface area (Å²) in [7, 11) is 0. The van der Waals surface area contributed by atoms with Crippen molar-refractivity contribution in [1.29, 1.82) is 0 Å². The first-order valence-electron chi connectivity index (χ1n) is 19.8. The Morgan fingerprint density at radius 2 is 0.983 bits per heavy atom. The number of furan rings is 1. The van der Waals surface area contributed by atoms with Crippen molar-refractivity contribution in [1.82, 2.24) is 19.5 Å². The van der Waals surface area contributed by atoms with Crippen LogP contribution in [0.25, 0.3) is 125 Å². The molecule has 0 saturated heterocycles. The third-order valence-corrected chi connectivity index (χ3v) is 13.0. The monoisotopic (exact) mass is 770 g/mol. The SMILES string of the molecule is c1ccc(-c2nc(-c3ccc4c(sc5ccccc54)c3-n3c4cc5ccccc5cc4c4cc5ccccc5cc43)nc(-c3cccc4c3oc3ccccc34)n2)cc1. The number of aromatic nitrogens is 4. The zero-order valence-electron chi connectivity index (χ0n) is 31.4. The van der Waals surface area contributed by atoms with Crippen LogP contribution in [0.2, 0.25) is 0 Å². The van der Waals surface area contributed by atoms with Gasteiger partial charge in [-0.25, -0.2) is 15.0 Å². The molecule has 0 unspecified atom stereocenters. The number of rotatable bonds is 4. The predicted octanol–water partition coefficient (Wildman–Crippen LogP) is 14.5. The molecule has 13 rings (SSSR count). The predicted molar refractivity (Wildman–Crippen MR) is 246 cm³/mol. The summed E-state index contributed by atoms with van der Waals surface area (Å²) in [6.45, 7) is 0. The fourth-order valence-electron chi connectivity index (χ4n) is 9.06. The first-order valence-corrected chi connectivity index (χ1v) is 20.6. The fraction of sp³-hybridized carbons (Fsp3) is 0. The summed E-state index contributed by atoms with van der Waals surface area (Å²) in [5, 5.41) is 11.7. The van der Waals surface area contributed by atoms with Gasteiger partial charge in [-0.2, -0.15) is 0 Å². The van der Waals surface area contributed by atoms with Gasteiger partial charge in [0.1, 0.15) is 11.2 Å². The molecule has 0 aliphatic rings. The molecule has 9 aromatic carbocycles. The van der Waals surface area contributed by atoms with Gasteiger partial charge in [0.25, 0.3) is 0 Å². The average Bonchev–Trinajstić information content (AvgIpc) is 3.96. The van der Waals surface area contributed by atoms with Gasteiger partial charge in [0, 0.05) is 48.1 Å². The van der Waals surface area contributed by atoms with Gasteiger partial charge < -0.3 is 8.98 Å². The molecule has 0 aliphatic carbocycles. The zero-order valence-corrected chi connectivity index (χ0v) is 32.2. The van der Waals surface area contributed by atoms with E-state index in [0.717, 1.165) is 55.3 Å². The molecule has 274 valence electrons. The molecule has 0 atom stereocenters. The quantitative estimate of drug-likeness (QED) is 0.179. The second-order valence-corrected chi connectivity index (χ2v) is 16.2. The summed E-state index contributed by atoms with van der Waals surface area (Å²) in [4.78, 5) is 16.0. The molecular weight excluding hydrogens is 741 g/mol. The number of thiophene rings is 1. The lowest BCUT2D eigenvalue weighted by molar-refractivity contribution is 0.669. The van der Waals surface area contributed by atoms with E-state index >= 15 is 0 Å². The smallest absolute Gasteiger partial charge is 0.167 e. The second-order valence-electron chi connectivity index (χ2n) is 15.2. The molecular formula is C53H30N4OS. The van der Waals surface area contributed by atoms with E-state index in [1.807, 2.05) is 47.7 Å². The van der Waals surface area contributed by atoms with Crippen molar-refractivity contribution >= 4 is 96.8 Å². The Balaban J connectivity index is 1.19. The van der Waals surface area contributed by atoms with Crippen molar-refractivity contribution in [3.8, 4) is 39.9 Å². The molecule has 0 fully saturated rings. The standard InChI is InChI=1S/C53H30N4OS/c1-2-13-31(14-3-1)51-54-52(56-53(55-51)41-22-12-21-38-36-19-8-10-23-46(36)58-49(38)41)40-26-25-39-37-20-9-11-24-47(37)59-50(39)48(40)57-44-29-34-17-6-4-15-32(34)27-42(44)43-28-33-16-5-7-18-35(33)30-45(43)57/h1-30H. The van der Waals surface area contributed by atoms with Crippen LogP contribution < -0.4 is 0 Å². The van der Waals surface area contributed by atoms with E-state index in [-0.39, 0.29) is 0 Å². The largest absolute Gasteiger partial charge is 0.455 e. The lowest BCUT2D eigenvalue weighted by Gasteiger charge is -2.16. The topological polar surface area (TPSA) is 56.7 Å². The van der Waals surface area contributed by atoms with Crippen molar-refractivity contribution in [2.24, 2.45) is 0 Å². The first kappa shape index (κ1) is 32.4. The molecule has 0 saturated carbocycles. The van der Waals surface area contributed by atoms with Crippen LogP contribution in [-0.4, -0.2) is 19.5 Å². The maximum atomic E-state index is 6.57. The fourth-order valence-corrected chi connectivity index (χ4v) is 10.3. The maximum Gasteiger partial charge on any atom is 0.167 e. The lowest BCUT2D eigenvalue weighted by atomic mass is 10.0. The summed E-state index contributed by atoms with van der Waals surface area (Å²) in [6, 6.07) is 64.4. The summed E-state index contributed by atoms with van der Waals surface area (Å²) >= 11 is 1.82.